The van der Waals surface area contributed by atoms with E-state index in [0.29, 0.717) is 25.7 Å². The molecule has 0 amide bonds. The standard InChI is InChI=1S/C61H110O10/c1-5-9-13-17-21-25-29-33-36-40-44-48-54(62)67-52-53(68-55(63)49-45-41-37-34-30-26-22-18-14-10-6-2)58-59(69-56(64)50-46-42-38-32-28-24-20-16-12-8-4)60(61(66)71-58)70-57(65)51-47-43-39-35-31-27-23-19-15-11-7-3/h53,58H,5-52H2,1-4H3. The van der Waals surface area contributed by atoms with Gasteiger partial charge in [-0.25, -0.2) is 4.79 Å². The molecule has 10 nitrogen and oxygen atoms in total. The Balaban J connectivity index is 3.01. The van der Waals surface area contributed by atoms with Crippen molar-refractivity contribution < 1.29 is 47.7 Å². The van der Waals surface area contributed by atoms with E-state index in [-0.39, 0.29) is 31.4 Å². The fourth-order valence-corrected chi connectivity index (χ4v) is 9.45. The highest BCUT2D eigenvalue weighted by Gasteiger charge is 2.46. The third-order valence-corrected chi connectivity index (χ3v) is 14.1. The van der Waals surface area contributed by atoms with E-state index in [2.05, 4.69) is 27.7 Å². The van der Waals surface area contributed by atoms with E-state index in [1.54, 1.807) is 0 Å². The van der Waals surface area contributed by atoms with Gasteiger partial charge in [-0.15, -0.1) is 0 Å². The molecule has 0 spiro atoms. The Bertz CT molecular complexity index is 1340. The largest absolute Gasteiger partial charge is 0.462 e. The van der Waals surface area contributed by atoms with Crippen molar-refractivity contribution in [3.05, 3.63) is 11.5 Å². The highest BCUT2D eigenvalue weighted by molar-refractivity contribution is 5.93. The Morgan fingerprint density at radius 2 is 0.634 bits per heavy atom. The zero-order chi connectivity index (χ0) is 51.7. The molecule has 0 bridgehead atoms. The summed E-state index contributed by atoms with van der Waals surface area (Å²) in [4.78, 5) is 66.8. The second-order valence-electron chi connectivity index (χ2n) is 21.0. The summed E-state index contributed by atoms with van der Waals surface area (Å²) in [5.74, 6) is -3.98. The van der Waals surface area contributed by atoms with Crippen molar-refractivity contribution in [1.29, 1.82) is 0 Å². The molecule has 0 saturated carbocycles. The zero-order valence-electron chi connectivity index (χ0n) is 46.7. The van der Waals surface area contributed by atoms with Crippen molar-refractivity contribution in [3.63, 3.8) is 0 Å². The summed E-state index contributed by atoms with van der Waals surface area (Å²) in [5, 5.41) is 0. The van der Waals surface area contributed by atoms with Crippen LogP contribution in [0.5, 0.6) is 0 Å². The van der Waals surface area contributed by atoms with Crippen molar-refractivity contribution in [2.45, 2.75) is 342 Å². The molecule has 0 N–H and O–H groups in total. The van der Waals surface area contributed by atoms with Gasteiger partial charge in [0.1, 0.15) is 6.61 Å². The SMILES string of the molecule is CCCCCCCCCCCCCC(=O)OCC(OC(=O)CCCCCCCCCCCCC)C1OC(=O)C(OC(=O)CCCCCCCCCCCCC)=C1OC(=O)CCCCCCCCCCCC. The lowest BCUT2D eigenvalue weighted by molar-refractivity contribution is -0.172. The van der Waals surface area contributed by atoms with Gasteiger partial charge in [-0.1, -0.05) is 278 Å². The van der Waals surface area contributed by atoms with Crippen LogP contribution < -0.4 is 0 Å². The first kappa shape index (κ1) is 66.1. The molecule has 10 heteroatoms. The first-order chi connectivity index (χ1) is 34.8. The topological polar surface area (TPSA) is 132 Å². The third-order valence-electron chi connectivity index (χ3n) is 14.1. The predicted molar refractivity (Wildman–Crippen MR) is 290 cm³/mol. The number of unbranched alkanes of at least 4 members (excludes halogenated alkanes) is 39. The molecule has 0 radical (unpaired) electrons. The first-order valence-corrected chi connectivity index (χ1v) is 30.5. The van der Waals surface area contributed by atoms with Gasteiger partial charge in [0, 0.05) is 25.7 Å². The van der Waals surface area contributed by atoms with Crippen LogP contribution in [0, 0.1) is 0 Å². The summed E-state index contributed by atoms with van der Waals surface area (Å²) >= 11 is 0. The molecule has 0 aromatic heterocycles. The van der Waals surface area contributed by atoms with Crippen LogP contribution in [-0.2, 0) is 47.7 Å². The van der Waals surface area contributed by atoms with Gasteiger partial charge in [0.2, 0.25) is 11.9 Å². The molecule has 1 aliphatic heterocycles. The number of cyclic esters (lactones) is 1. The molecule has 0 aliphatic carbocycles. The maximum absolute atomic E-state index is 13.6. The van der Waals surface area contributed by atoms with E-state index >= 15 is 0 Å². The normalized spacial score (nSPS) is 13.9. The van der Waals surface area contributed by atoms with Gasteiger partial charge in [-0.05, 0) is 25.7 Å². The first-order valence-electron chi connectivity index (χ1n) is 30.5. The maximum Gasteiger partial charge on any atom is 0.379 e. The molecule has 2 unspecified atom stereocenters. The molecule has 2 atom stereocenters. The molecular formula is C61H110O10. The number of carbonyl (C=O) groups is 5. The van der Waals surface area contributed by atoms with Crippen LogP contribution in [0.3, 0.4) is 0 Å². The third kappa shape index (κ3) is 39.3. The number of hydrogen-bond acceptors (Lipinski definition) is 10. The lowest BCUT2D eigenvalue weighted by atomic mass is 10.1. The molecular weight excluding hydrogens is 893 g/mol. The fourth-order valence-electron chi connectivity index (χ4n) is 9.45. The van der Waals surface area contributed by atoms with Crippen LogP contribution in [0.15, 0.2) is 11.5 Å². The minimum atomic E-state index is -1.43. The minimum Gasteiger partial charge on any atom is -0.462 e. The lowest BCUT2D eigenvalue weighted by Crippen LogP contribution is -2.38. The molecule has 1 aliphatic rings. The van der Waals surface area contributed by atoms with Crippen molar-refractivity contribution >= 4 is 29.8 Å². The number of hydrogen-bond donors (Lipinski definition) is 0. The maximum atomic E-state index is 13.6. The summed E-state index contributed by atoms with van der Waals surface area (Å²) < 4.78 is 28.9. The quantitative estimate of drug-likeness (QED) is 0.0330. The van der Waals surface area contributed by atoms with Gasteiger partial charge in [0.25, 0.3) is 5.76 Å². The average molecular weight is 1000 g/mol. The molecule has 0 saturated heterocycles. The Hall–Kier alpha value is -2.91. The number of ether oxygens (including phenoxy) is 5. The number of esters is 5. The summed E-state index contributed by atoms with van der Waals surface area (Å²) in [7, 11) is 0. The number of carbonyl (C=O) groups excluding carboxylic acids is 5. The van der Waals surface area contributed by atoms with Crippen LogP contribution in [0.2, 0.25) is 0 Å². The van der Waals surface area contributed by atoms with Crippen LogP contribution in [-0.4, -0.2) is 48.7 Å². The van der Waals surface area contributed by atoms with Gasteiger partial charge >= 0.3 is 29.8 Å². The van der Waals surface area contributed by atoms with E-state index in [0.717, 1.165) is 77.0 Å². The van der Waals surface area contributed by atoms with Gasteiger partial charge in [-0.2, -0.15) is 0 Å². The lowest BCUT2D eigenvalue weighted by Gasteiger charge is -2.24. The van der Waals surface area contributed by atoms with E-state index in [1.165, 1.54) is 173 Å². The van der Waals surface area contributed by atoms with E-state index in [4.69, 9.17) is 23.7 Å². The van der Waals surface area contributed by atoms with Gasteiger partial charge in [-0.3, -0.25) is 19.2 Å². The molecule has 1 rings (SSSR count). The predicted octanol–water partition coefficient (Wildman–Crippen LogP) is 18.1. The van der Waals surface area contributed by atoms with Crippen LogP contribution in [0.4, 0.5) is 0 Å². The van der Waals surface area contributed by atoms with Gasteiger partial charge in [0.15, 0.2) is 6.10 Å². The zero-order valence-corrected chi connectivity index (χ0v) is 46.7. The van der Waals surface area contributed by atoms with E-state index in [9.17, 15) is 24.0 Å². The highest BCUT2D eigenvalue weighted by atomic mass is 16.7. The second-order valence-corrected chi connectivity index (χ2v) is 21.0. The summed E-state index contributed by atoms with van der Waals surface area (Å²) in [6, 6.07) is 0. The molecule has 414 valence electrons. The Morgan fingerprint density at radius 3 is 0.958 bits per heavy atom. The van der Waals surface area contributed by atoms with Gasteiger partial charge in [0.05, 0.1) is 0 Å². The molecule has 1 heterocycles. The monoisotopic (exact) mass is 1000 g/mol. The van der Waals surface area contributed by atoms with Crippen LogP contribution in [0.25, 0.3) is 0 Å². The summed E-state index contributed by atoms with van der Waals surface area (Å²) in [5.41, 5.74) is 0. The van der Waals surface area contributed by atoms with Crippen LogP contribution in [0.1, 0.15) is 329 Å². The average Bonchev–Trinajstić information content (AvgIpc) is 3.65. The molecule has 0 aromatic carbocycles. The van der Waals surface area contributed by atoms with Crippen molar-refractivity contribution in [2.24, 2.45) is 0 Å². The smallest absolute Gasteiger partial charge is 0.379 e. The molecule has 71 heavy (non-hydrogen) atoms. The Labute approximate surface area is 435 Å². The highest BCUT2D eigenvalue weighted by Crippen LogP contribution is 2.31. The minimum absolute atomic E-state index is 0.0896. The van der Waals surface area contributed by atoms with Gasteiger partial charge < -0.3 is 23.7 Å². The Morgan fingerprint density at radius 1 is 0.366 bits per heavy atom. The molecule has 0 fully saturated rings. The summed E-state index contributed by atoms with van der Waals surface area (Å²) in [6.07, 6.45) is 46.5. The summed E-state index contributed by atoms with van der Waals surface area (Å²) in [6.45, 7) is 8.52. The fraction of sp³-hybridized carbons (Fsp3) is 0.885. The van der Waals surface area contributed by atoms with E-state index in [1.807, 2.05) is 0 Å². The van der Waals surface area contributed by atoms with Crippen LogP contribution >= 0.6 is 0 Å². The van der Waals surface area contributed by atoms with Crippen molar-refractivity contribution in [1.82, 2.24) is 0 Å². The van der Waals surface area contributed by atoms with E-state index < -0.39 is 54.4 Å². The number of rotatable bonds is 53. The molecule has 0 aromatic rings. The Kier molecular flexibility index (Phi) is 45.9. The van der Waals surface area contributed by atoms with Crippen molar-refractivity contribution in [2.75, 3.05) is 6.61 Å². The van der Waals surface area contributed by atoms with Crippen molar-refractivity contribution in [3.8, 4) is 0 Å². The second kappa shape index (κ2) is 49.3.